The standard InChI is InChI=1S/C19H21ClN2O5/c1-25-15-9-14(10-16(26-2)19(15)27-3)22-18(24)11-21-17(23)8-12-4-6-13(20)7-5-12/h4-7,9-10H,8,11H2,1-3H3,(H,21,23)(H,22,24). The van der Waals surface area contributed by atoms with E-state index in [1.165, 1.54) is 21.3 Å². The first-order valence-electron chi connectivity index (χ1n) is 8.07. The molecule has 0 heterocycles. The summed E-state index contributed by atoms with van der Waals surface area (Å²) in [5, 5.41) is 5.86. The van der Waals surface area contributed by atoms with Gasteiger partial charge in [0.25, 0.3) is 0 Å². The van der Waals surface area contributed by atoms with Crippen molar-refractivity contribution in [1.82, 2.24) is 5.32 Å². The van der Waals surface area contributed by atoms with E-state index in [2.05, 4.69) is 10.6 Å². The molecule has 0 spiro atoms. The van der Waals surface area contributed by atoms with E-state index in [0.717, 1.165) is 5.56 Å². The predicted octanol–water partition coefficient (Wildman–Crippen LogP) is 2.66. The number of anilines is 1. The number of hydrogen-bond donors (Lipinski definition) is 2. The fourth-order valence-corrected chi connectivity index (χ4v) is 2.51. The zero-order valence-electron chi connectivity index (χ0n) is 15.3. The van der Waals surface area contributed by atoms with Crippen LogP contribution in [0.15, 0.2) is 36.4 Å². The summed E-state index contributed by atoms with van der Waals surface area (Å²) in [6, 6.07) is 10.2. The molecule has 2 aromatic carbocycles. The molecule has 0 unspecified atom stereocenters. The van der Waals surface area contributed by atoms with Gasteiger partial charge in [-0.05, 0) is 17.7 Å². The molecular formula is C19H21ClN2O5. The smallest absolute Gasteiger partial charge is 0.243 e. The minimum absolute atomic E-state index is 0.161. The van der Waals surface area contributed by atoms with Crippen molar-refractivity contribution in [1.29, 1.82) is 0 Å². The van der Waals surface area contributed by atoms with Gasteiger partial charge in [0.15, 0.2) is 11.5 Å². The first kappa shape index (κ1) is 20.4. The van der Waals surface area contributed by atoms with Gasteiger partial charge in [-0.15, -0.1) is 0 Å². The molecule has 0 aliphatic heterocycles. The maximum Gasteiger partial charge on any atom is 0.243 e. The van der Waals surface area contributed by atoms with Gasteiger partial charge >= 0.3 is 0 Å². The van der Waals surface area contributed by atoms with Crippen molar-refractivity contribution in [2.24, 2.45) is 0 Å². The van der Waals surface area contributed by atoms with Crippen LogP contribution in [0.5, 0.6) is 17.2 Å². The highest BCUT2D eigenvalue weighted by Crippen LogP contribution is 2.39. The van der Waals surface area contributed by atoms with E-state index in [4.69, 9.17) is 25.8 Å². The van der Waals surface area contributed by atoms with Gasteiger partial charge in [-0.25, -0.2) is 0 Å². The normalized spacial score (nSPS) is 10.1. The molecule has 0 saturated heterocycles. The number of halogens is 1. The van der Waals surface area contributed by atoms with E-state index in [0.29, 0.717) is 28.0 Å². The van der Waals surface area contributed by atoms with Crippen molar-refractivity contribution >= 4 is 29.1 Å². The number of carbonyl (C=O) groups is 2. The van der Waals surface area contributed by atoms with Crippen LogP contribution in [0, 0.1) is 0 Å². The van der Waals surface area contributed by atoms with Crippen LogP contribution >= 0.6 is 11.6 Å². The first-order chi connectivity index (χ1) is 13.0. The number of nitrogens with one attached hydrogen (secondary N) is 2. The maximum atomic E-state index is 12.1. The summed E-state index contributed by atoms with van der Waals surface area (Å²) >= 11 is 5.81. The molecule has 2 rings (SSSR count). The fourth-order valence-electron chi connectivity index (χ4n) is 2.39. The van der Waals surface area contributed by atoms with Gasteiger partial charge in [0.2, 0.25) is 17.6 Å². The zero-order chi connectivity index (χ0) is 19.8. The van der Waals surface area contributed by atoms with Crippen molar-refractivity contribution in [3.8, 4) is 17.2 Å². The highest BCUT2D eigenvalue weighted by Gasteiger charge is 2.15. The monoisotopic (exact) mass is 392 g/mol. The van der Waals surface area contributed by atoms with Gasteiger partial charge in [0, 0.05) is 22.8 Å². The Hall–Kier alpha value is -2.93. The van der Waals surface area contributed by atoms with Crippen LogP contribution in [0.4, 0.5) is 5.69 Å². The lowest BCUT2D eigenvalue weighted by Crippen LogP contribution is -2.33. The number of carbonyl (C=O) groups excluding carboxylic acids is 2. The van der Waals surface area contributed by atoms with Crippen molar-refractivity contribution < 1.29 is 23.8 Å². The van der Waals surface area contributed by atoms with Crippen LogP contribution in [0.1, 0.15) is 5.56 Å². The fraction of sp³-hybridized carbons (Fsp3) is 0.263. The Bertz CT molecular complexity index is 783. The molecule has 2 aromatic rings. The summed E-state index contributed by atoms with van der Waals surface area (Å²) < 4.78 is 15.7. The Balaban J connectivity index is 1.93. The predicted molar refractivity (Wildman–Crippen MR) is 103 cm³/mol. The summed E-state index contributed by atoms with van der Waals surface area (Å²) in [4.78, 5) is 24.1. The number of amides is 2. The highest BCUT2D eigenvalue weighted by atomic mass is 35.5. The Morgan fingerprint density at radius 2 is 1.52 bits per heavy atom. The lowest BCUT2D eigenvalue weighted by atomic mass is 10.1. The lowest BCUT2D eigenvalue weighted by molar-refractivity contribution is -0.123. The molecule has 0 saturated carbocycles. The second-order valence-electron chi connectivity index (χ2n) is 5.54. The van der Waals surface area contributed by atoms with E-state index in [1.807, 2.05) is 0 Å². The van der Waals surface area contributed by atoms with Crippen molar-refractivity contribution in [2.75, 3.05) is 33.2 Å². The van der Waals surface area contributed by atoms with Gasteiger partial charge in [0.1, 0.15) is 0 Å². The van der Waals surface area contributed by atoms with Crippen LogP contribution in [0.3, 0.4) is 0 Å². The Morgan fingerprint density at radius 1 is 0.926 bits per heavy atom. The summed E-state index contributed by atoms with van der Waals surface area (Å²) in [6.07, 6.45) is 0.161. The number of ether oxygens (including phenoxy) is 3. The average molecular weight is 393 g/mol. The molecule has 0 bridgehead atoms. The van der Waals surface area contributed by atoms with Crippen LogP contribution in [-0.2, 0) is 16.0 Å². The van der Waals surface area contributed by atoms with E-state index >= 15 is 0 Å². The third-order valence-corrected chi connectivity index (χ3v) is 3.92. The van der Waals surface area contributed by atoms with Gasteiger partial charge in [0.05, 0.1) is 34.3 Å². The van der Waals surface area contributed by atoms with Gasteiger partial charge in [-0.1, -0.05) is 23.7 Å². The van der Waals surface area contributed by atoms with Gasteiger partial charge in [-0.2, -0.15) is 0 Å². The topological polar surface area (TPSA) is 85.9 Å². The number of rotatable bonds is 8. The highest BCUT2D eigenvalue weighted by molar-refractivity contribution is 6.30. The summed E-state index contributed by atoms with van der Waals surface area (Å²) in [5.74, 6) is 0.609. The average Bonchev–Trinajstić information content (AvgIpc) is 2.67. The molecule has 0 aliphatic rings. The maximum absolute atomic E-state index is 12.1. The lowest BCUT2D eigenvalue weighted by Gasteiger charge is -2.14. The molecule has 8 heteroatoms. The molecule has 2 N–H and O–H groups in total. The third kappa shape index (κ3) is 5.79. The zero-order valence-corrected chi connectivity index (χ0v) is 16.1. The Morgan fingerprint density at radius 3 is 2.04 bits per heavy atom. The van der Waals surface area contributed by atoms with Gasteiger partial charge in [-0.3, -0.25) is 9.59 Å². The van der Waals surface area contributed by atoms with Gasteiger partial charge < -0.3 is 24.8 Å². The number of methoxy groups -OCH3 is 3. The van der Waals surface area contributed by atoms with E-state index in [-0.39, 0.29) is 24.8 Å². The Labute approximate surface area is 162 Å². The second kappa shape index (κ2) is 9.68. The largest absolute Gasteiger partial charge is 0.493 e. The second-order valence-corrected chi connectivity index (χ2v) is 5.98. The van der Waals surface area contributed by atoms with E-state index < -0.39 is 0 Å². The van der Waals surface area contributed by atoms with Crippen LogP contribution in [0.2, 0.25) is 5.02 Å². The van der Waals surface area contributed by atoms with Crippen LogP contribution in [0.25, 0.3) is 0 Å². The molecule has 27 heavy (non-hydrogen) atoms. The van der Waals surface area contributed by atoms with Crippen LogP contribution in [-0.4, -0.2) is 39.7 Å². The molecular weight excluding hydrogens is 372 g/mol. The molecule has 0 atom stereocenters. The van der Waals surface area contributed by atoms with E-state index in [9.17, 15) is 9.59 Å². The third-order valence-electron chi connectivity index (χ3n) is 3.67. The van der Waals surface area contributed by atoms with Crippen molar-refractivity contribution in [3.05, 3.63) is 47.0 Å². The molecule has 0 radical (unpaired) electrons. The number of hydrogen-bond acceptors (Lipinski definition) is 5. The van der Waals surface area contributed by atoms with Crippen LogP contribution < -0.4 is 24.8 Å². The summed E-state index contributed by atoms with van der Waals surface area (Å²) in [6.45, 7) is -0.164. The molecule has 0 aliphatic carbocycles. The molecule has 2 amide bonds. The minimum atomic E-state index is -0.381. The quantitative estimate of drug-likeness (QED) is 0.721. The van der Waals surface area contributed by atoms with Crippen molar-refractivity contribution in [3.63, 3.8) is 0 Å². The first-order valence-corrected chi connectivity index (χ1v) is 8.45. The molecule has 0 aromatic heterocycles. The molecule has 144 valence electrons. The number of benzene rings is 2. The molecule has 0 fully saturated rings. The SMILES string of the molecule is COc1cc(NC(=O)CNC(=O)Cc2ccc(Cl)cc2)cc(OC)c1OC. The summed E-state index contributed by atoms with van der Waals surface area (Å²) in [5.41, 5.74) is 1.27. The Kier molecular flexibility index (Phi) is 7.31. The minimum Gasteiger partial charge on any atom is -0.493 e. The van der Waals surface area contributed by atoms with Crippen molar-refractivity contribution in [2.45, 2.75) is 6.42 Å². The molecule has 7 nitrogen and oxygen atoms in total. The summed E-state index contributed by atoms with van der Waals surface area (Å²) in [7, 11) is 4.47. The van der Waals surface area contributed by atoms with E-state index in [1.54, 1.807) is 36.4 Å².